The van der Waals surface area contributed by atoms with Crippen molar-refractivity contribution in [2.24, 2.45) is 0 Å². The van der Waals surface area contributed by atoms with Crippen LogP contribution >= 0.6 is 8.38 Å². The Morgan fingerprint density at radius 1 is 1.08 bits per heavy atom. The summed E-state index contributed by atoms with van der Waals surface area (Å²) in [6.45, 7) is 6.56. The van der Waals surface area contributed by atoms with Crippen molar-refractivity contribution in [3.63, 3.8) is 0 Å². The summed E-state index contributed by atoms with van der Waals surface area (Å²) in [5.41, 5.74) is 0.933. The van der Waals surface area contributed by atoms with Gasteiger partial charge >= 0.3 is 5.69 Å². The van der Waals surface area contributed by atoms with E-state index < -0.39 is 30.0 Å². The number of hydrogen-bond acceptors (Lipinski definition) is 4. The molecule has 0 aromatic heterocycles. The first kappa shape index (κ1) is 19.4. The zero-order valence-corrected chi connectivity index (χ0v) is 15.3. The van der Waals surface area contributed by atoms with Crippen molar-refractivity contribution in [1.82, 2.24) is 0 Å². The maximum Gasteiger partial charge on any atom is 0.304 e. The Kier molecular flexibility index (Phi) is 6.59. The van der Waals surface area contributed by atoms with E-state index in [1.54, 1.807) is 6.07 Å². The van der Waals surface area contributed by atoms with Crippen molar-refractivity contribution in [3.05, 3.63) is 75.6 Å². The largest absolute Gasteiger partial charge is 0.334 e. The van der Waals surface area contributed by atoms with Gasteiger partial charge in [0.1, 0.15) is 0 Å². The van der Waals surface area contributed by atoms with Crippen LogP contribution in [0.15, 0.2) is 48.5 Å². The van der Waals surface area contributed by atoms with Crippen LogP contribution in [0.1, 0.15) is 31.9 Å². The third-order valence-electron chi connectivity index (χ3n) is 3.90. The second-order valence-corrected chi connectivity index (χ2v) is 7.38. The maximum atomic E-state index is 14.3. The van der Waals surface area contributed by atoms with Gasteiger partial charge in [0.25, 0.3) is 0 Å². The van der Waals surface area contributed by atoms with E-state index in [2.05, 4.69) is 0 Å². The Bertz CT molecular complexity index is 722. The molecular formula is C18H21FNO4P. The van der Waals surface area contributed by atoms with E-state index in [0.29, 0.717) is 18.8 Å². The van der Waals surface area contributed by atoms with E-state index in [4.69, 9.17) is 9.05 Å². The minimum absolute atomic E-state index is 0.448. The zero-order valence-electron chi connectivity index (χ0n) is 14.4. The number of nitrogens with zero attached hydrogens (tertiary/aromatic N) is 1. The lowest BCUT2D eigenvalue weighted by atomic mass is 9.91. The normalized spacial score (nSPS) is 13.6. The van der Waals surface area contributed by atoms with E-state index in [9.17, 15) is 14.5 Å². The zero-order chi connectivity index (χ0) is 18.4. The van der Waals surface area contributed by atoms with Crippen molar-refractivity contribution >= 4 is 14.1 Å². The molecule has 0 fully saturated rings. The molecule has 2 rings (SSSR count). The lowest BCUT2D eigenvalue weighted by Gasteiger charge is -2.36. The maximum absolute atomic E-state index is 14.3. The summed E-state index contributed by atoms with van der Waals surface area (Å²) in [7, 11) is -1.43. The first-order chi connectivity index (χ1) is 11.9. The van der Waals surface area contributed by atoms with Crippen LogP contribution in [-0.2, 0) is 14.2 Å². The highest BCUT2D eigenvalue weighted by Gasteiger charge is 2.41. The van der Waals surface area contributed by atoms with Crippen molar-refractivity contribution in [2.45, 2.75) is 25.9 Å². The summed E-state index contributed by atoms with van der Waals surface area (Å²) >= 11 is 0. The smallest absolute Gasteiger partial charge is 0.304 e. The monoisotopic (exact) mass is 365 g/mol. The van der Waals surface area contributed by atoms with Crippen molar-refractivity contribution in [1.29, 1.82) is 0 Å². The Balaban J connectivity index is 2.62. The van der Waals surface area contributed by atoms with Crippen molar-refractivity contribution < 1.29 is 18.4 Å². The number of halogens is 1. The lowest BCUT2D eigenvalue weighted by molar-refractivity contribution is -0.387. The highest BCUT2D eigenvalue weighted by Crippen LogP contribution is 2.61. The predicted molar refractivity (Wildman–Crippen MR) is 96.1 cm³/mol. The molecule has 0 spiro atoms. The molecule has 7 heteroatoms. The minimum atomic E-state index is -1.43. The Morgan fingerprint density at radius 3 is 2.16 bits per heavy atom. The van der Waals surface area contributed by atoms with Crippen LogP contribution in [0, 0.1) is 15.9 Å². The SMILES string of the molecule is CCOP(OCC)C(C)(c1ccccc1)c1ccc([N+](=O)[O-])c(F)c1. The fourth-order valence-corrected chi connectivity index (χ4v) is 4.40. The van der Waals surface area contributed by atoms with Gasteiger partial charge in [-0.3, -0.25) is 10.1 Å². The second-order valence-electron chi connectivity index (χ2n) is 5.45. The lowest BCUT2D eigenvalue weighted by Crippen LogP contribution is -2.24. The van der Waals surface area contributed by atoms with Crippen LogP contribution in [0.4, 0.5) is 10.1 Å². The van der Waals surface area contributed by atoms with Gasteiger partial charge in [0.2, 0.25) is 5.82 Å². The summed E-state index contributed by atoms with van der Waals surface area (Å²) < 4.78 is 26.0. The van der Waals surface area contributed by atoms with Gasteiger partial charge in [0.05, 0.1) is 23.3 Å². The highest BCUT2D eigenvalue weighted by atomic mass is 31.2. The number of rotatable bonds is 8. The molecular weight excluding hydrogens is 344 g/mol. The Hall–Kier alpha value is -1.88. The third-order valence-corrected chi connectivity index (χ3v) is 6.13. The Morgan fingerprint density at radius 2 is 1.68 bits per heavy atom. The summed E-state index contributed by atoms with van der Waals surface area (Å²) in [6, 6.07) is 13.5. The highest BCUT2D eigenvalue weighted by molar-refractivity contribution is 7.49. The summed E-state index contributed by atoms with van der Waals surface area (Å²) in [4.78, 5) is 10.2. The molecule has 1 atom stereocenters. The van der Waals surface area contributed by atoms with Crippen LogP contribution in [0.3, 0.4) is 0 Å². The van der Waals surface area contributed by atoms with Crippen molar-refractivity contribution in [2.75, 3.05) is 13.2 Å². The summed E-state index contributed by atoms with van der Waals surface area (Å²) in [5, 5.41) is 10.1. The minimum Gasteiger partial charge on any atom is -0.334 e. The molecule has 1 unspecified atom stereocenters. The summed E-state index contributed by atoms with van der Waals surface area (Å²) in [5.74, 6) is -0.868. The van der Waals surface area contributed by atoms with Gasteiger partial charge in [-0.05, 0) is 38.0 Å². The Labute approximate surface area is 147 Å². The molecule has 0 amide bonds. The topological polar surface area (TPSA) is 61.6 Å². The molecule has 0 saturated carbocycles. The van der Waals surface area contributed by atoms with Crippen LogP contribution in [0.2, 0.25) is 0 Å². The molecule has 0 bridgehead atoms. The van der Waals surface area contributed by atoms with Crippen LogP contribution < -0.4 is 0 Å². The number of nitro groups is 1. The molecule has 2 aromatic carbocycles. The van der Waals surface area contributed by atoms with Gasteiger partial charge < -0.3 is 9.05 Å². The number of hydrogen-bond donors (Lipinski definition) is 0. The molecule has 134 valence electrons. The van der Waals surface area contributed by atoms with Crippen LogP contribution in [0.5, 0.6) is 0 Å². The van der Waals surface area contributed by atoms with Gasteiger partial charge in [0, 0.05) is 6.07 Å². The van der Waals surface area contributed by atoms with E-state index in [-0.39, 0.29) is 0 Å². The summed E-state index contributed by atoms with van der Waals surface area (Å²) in [6.07, 6.45) is 0. The van der Waals surface area contributed by atoms with E-state index >= 15 is 0 Å². The quantitative estimate of drug-likeness (QED) is 0.358. The van der Waals surface area contributed by atoms with Crippen LogP contribution in [-0.4, -0.2) is 18.1 Å². The molecule has 0 N–H and O–H groups in total. The molecule has 0 aliphatic carbocycles. The van der Waals surface area contributed by atoms with Crippen LogP contribution in [0.25, 0.3) is 0 Å². The average molecular weight is 365 g/mol. The standard InChI is InChI=1S/C18H21FNO4P/c1-4-23-25(24-5-2)18(3,14-9-7-6-8-10-14)15-11-12-17(20(21)22)16(19)13-15/h6-13H,4-5H2,1-3H3. The average Bonchev–Trinajstić information content (AvgIpc) is 2.61. The molecule has 0 aliphatic heterocycles. The van der Waals surface area contributed by atoms with Gasteiger partial charge in [-0.25, -0.2) is 0 Å². The molecule has 0 saturated heterocycles. The molecule has 0 radical (unpaired) electrons. The fraction of sp³-hybridized carbons (Fsp3) is 0.333. The van der Waals surface area contributed by atoms with E-state index in [0.717, 1.165) is 5.56 Å². The van der Waals surface area contributed by atoms with Crippen molar-refractivity contribution in [3.8, 4) is 0 Å². The third kappa shape index (κ3) is 4.03. The predicted octanol–water partition coefficient (Wildman–Crippen LogP) is 5.38. The number of benzene rings is 2. The van der Waals surface area contributed by atoms with Gasteiger partial charge in [-0.2, -0.15) is 4.39 Å². The van der Waals surface area contributed by atoms with Gasteiger partial charge in [0.15, 0.2) is 8.38 Å². The van der Waals surface area contributed by atoms with Gasteiger partial charge in [-0.1, -0.05) is 36.4 Å². The van der Waals surface area contributed by atoms with Gasteiger partial charge in [-0.15, -0.1) is 0 Å². The first-order valence-electron chi connectivity index (χ1n) is 8.01. The molecule has 0 heterocycles. The second kappa shape index (κ2) is 8.48. The van der Waals surface area contributed by atoms with E-state index in [1.165, 1.54) is 12.1 Å². The fourth-order valence-electron chi connectivity index (χ4n) is 2.63. The molecule has 5 nitrogen and oxygen atoms in total. The molecule has 2 aromatic rings. The first-order valence-corrected chi connectivity index (χ1v) is 9.18. The molecule has 25 heavy (non-hydrogen) atoms. The number of nitro benzene ring substituents is 1. The van der Waals surface area contributed by atoms with E-state index in [1.807, 2.05) is 51.1 Å². The molecule has 0 aliphatic rings.